The first-order valence-electron chi connectivity index (χ1n) is 7.52. The molecule has 0 saturated heterocycles. The molecule has 0 radical (unpaired) electrons. The van der Waals surface area contributed by atoms with E-state index in [9.17, 15) is 4.79 Å². The van der Waals surface area contributed by atoms with Gasteiger partial charge in [0, 0.05) is 18.4 Å². The second-order valence-corrected chi connectivity index (χ2v) is 12.4. The fraction of sp³-hybridized carbons (Fsp3) is 0.812. The van der Waals surface area contributed by atoms with Gasteiger partial charge in [0.1, 0.15) is 5.78 Å². The SMILES string of the molecule is CC(=O)[C@@H]1CCC(O[Si](C)(C)C(C)(C)C)=C[C@H]1N(C)C. The van der Waals surface area contributed by atoms with Crippen LogP contribution in [0.3, 0.4) is 0 Å². The molecule has 1 aliphatic rings. The summed E-state index contributed by atoms with van der Waals surface area (Å²) in [5.41, 5.74) is 0. The van der Waals surface area contributed by atoms with E-state index in [1.165, 1.54) is 0 Å². The lowest BCUT2D eigenvalue weighted by Gasteiger charge is -2.40. The average Bonchev–Trinajstić information content (AvgIpc) is 2.26. The van der Waals surface area contributed by atoms with Crippen molar-refractivity contribution in [3.63, 3.8) is 0 Å². The van der Waals surface area contributed by atoms with E-state index in [0.717, 1.165) is 18.6 Å². The van der Waals surface area contributed by atoms with Crippen LogP contribution in [0.5, 0.6) is 0 Å². The van der Waals surface area contributed by atoms with Crippen molar-refractivity contribution in [3.8, 4) is 0 Å². The van der Waals surface area contributed by atoms with Gasteiger partial charge in [0.05, 0.1) is 5.76 Å². The molecule has 4 heteroatoms. The van der Waals surface area contributed by atoms with Gasteiger partial charge in [-0.1, -0.05) is 20.8 Å². The van der Waals surface area contributed by atoms with E-state index in [0.29, 0.717) is 0 Å². The fourth-order valence-electron chi connectivity index (χ4n) is 2.38. The van der Waals surface area contributed by atoms with Gasteiger partial charge in [-0.25, -0.2) is 0 Å². The summed E-state index contributed by atoms with van der Waals surface area (Å²) in [6, 6.07) is 0.168. The Kier molecular flexibility index (Phi) is 5.25. The van der Waals surface area contributed by atoms with E-state index in [2.05, 4.69) is 44.8 Å². The zero-order chi connectivity index (χ0) is 15.7. The lowest BCUT2D eigenvalue weighted by Crippen LogP contribution is -2.43. The van der Waals surface area contributed by atoms with Crippen LogP contribution in [0.2, 0.25) is 18.1 Å². The van der Waals surface area contributed by atoms with Gasteiger partial charge in [-0.05, 0) is 51.6 Å². The molecule has 116 valence electrons. The summed E-state index contributed by atoms with van der Waals surface area (Å²) in [5.74, 6) is 1.48. The maximum absolute atomic E-state index is 11.8. The number of allylic oxidation sites excluding steroid dienone is 1. The van der Waals surface area contributed by atoms with Crippen LogP contribution < -0.4 is 0 Å². The molecular weight excluding hydrogens is 266 g/mol. The van der Waals surface area contributed by atoms with Gasteiger partial charge in [-0.3, -0.25) is 4.79 Å². The Labute approximate surface area is 125 Å². The largest absolute Gasteiger partial charge is 0.547 e. The Hall–Kier alpha value is -0.613. The molecule has 0 aliphatic heterocycles. The molecular formula is C16H31NO2Si. The lowest BCUT2D eigenvalue weighted by molar-refractivity contribution is -0.122. The molecule has 0 aromatic rings. The highest BCUT2D eigenvalue weighted by Gasteiger charge is 2.40. The Morgan fingerprint density at radius 1 is 1.35 bits per heavy atom. The summed E-state index contributed by atoms with van der Waals surface area (Å²) in [6.07, 6.45) is 3.97. The van der Waals surface area contributed by atoms with Crippen molar-refractivity contribution in [2.75, 3.05) is 14.1 Å². The summed E-state index contributed by atoms with van der Waals surface area (Å²) < 4.78 is 6.41. The highest BCUT2D eigenvalue weighted by Crippen LogP contribution is 2.40. The fourth-order valence-corrected chi connectivity index (χ4v) is 3.51. The Balaban J connectivity index is 2.93. The molecule has 0 fully saturated rings. The monoisotopic (exact) mass is 297 g/mol. The van der Waals surface area contributed by atoms with Gasteiger partial charge in [0.2, 0.25) is 8.32 Å². The molecule has 0 N–H and O–H groups in total. The lowest BCUT2D eigenvalue weighted by atomic mass is 9.85. The van der Waals surface area contributed by atoms with Gasteiger partial charge >= 0.3 is 0 Å². The highest BCUT2D eigenvalue weighted by molar-refractivity contribution is 6.74. The summed E-state index contributed by atoms with van der Waals surface area (Å²) >= 11 is 0. The smallest absolute Gasteiger partial charge is 0.250 e. The summed E-state index contributed by atoms with van der Waals surface area (Å²) in [4.78, 5) is 13.9. The highest BCUT2D eigenvalue weighted by atomic mass is 28.4. The van der Waals surface area contributed by atoms with Crippen LogP contribution in [-0.4, -0.2) is 39.1 Å². The van der Waals surface area contributed by atoms with Crippen LogP contribution in [-0.2, 0) is 9.22 Å². The quantitative estimate of drug-likeness (QED) is 0.739. The third-order valence-corrected chi connectivity index (χ3v) is 9.17. The molecule has 0 amide bonds. The Bertz CT molecular complexity index is 394. The molecule has 0 unspecified atom stereocenters. The number of carbonyl (C=O) groups excluding carboxylic acids is 1. The molecule has 1 rings (SSSR count). The average molecular weight is 298 g/mol. The number of hydrogen-bond donors (Lipinski definition) is 0. The van der Waals surface area contributed by atoms with E-state index >= 15 is 0 Å². The molecule has 20 heavy (non-hydrogen) atoms. The van der Waals surface area contributed by atoms with Crippen LogP contribution in [0.1, 0.15) is 40.5 Å². The zero-order valence-electron chi connectivity index (χ0n) is 14.4. The summed E-state index contributed by atoms with van der Waals surface area (Å²) in [7, 11) is 2.29. The molecule has 0 heterocycles. The van der Waals surface area contributed by atoms with Crippen molar-refractivity contribution in [2.24, 2.45) is 5.92 Å². The van der Waals surface area contributed by atoms with Crippen molar-refractivity contribution in [1.29, 1.82) is 0 Å². The maximum Gasteiger partial charge on any atom is 0.250 e. The summed E-state index contributed by atoms with van der Waals surface area (Å²) in [5, 5.41) is 0.207. The number of carbonyl (C=O) groups is 1. The number of ketones is 1. The van der Waals surface area contributed by atoms with Crippen LogP contribution >= 0.6 is 0 Å². The minimum atomic E-state index is -1.78. The second kappa shape index (κ2) is 6.02. The number of hydrogen-bond acceptors (Lipinski definition) is 3. The van der Waals surface area contributed by atoms with Gasteiger partial charge in [-0.15, -0.1) is 0 Å². The van der Waals surface area contributed by atoms with Crippen molar-refractivity contribution in [2.45, 2.75) is 64.7 Å². The molecule has 2 atom stereocenters. The van der Waals surface area contributed by atoms with Gasteiger partial charge in [-0.2, -0.15) is 0 Å². The van der Waals surface area contributed by atoms with Crippen LogP contribution in [0.25, 0.3) is 0 Å². The third kappa shape index (κ3) is 3.95. The predicted molar refractivity (Wildman–Crippen MR) is 87.2 cm³/mol. The minimum Gasteiger partial charge on any atom is -0.547 e. The molecule has 0 spiro atoms. The van der Waals surface area contributed by atoms with Crippen molar-refractivity contribution in [1.82, 2.24) is 4.90 Å². The van der Waals surface area contributed by atoms with E-state index in [1.807, 2.05) is 14.1 Å². The standard InChI is InChI=1S/C16H31NO2Si/c1-12(18)14-10-9-13(11-15(14)17(5)6)19-20(7,8)16(2,3)4/h11,14-15H,9-10H2,1-8H3/t14-,15+/m0/s1. The van der Waals surface area contributed by atoms with Gasteiger partial charge in [0.25, 0.3) is 0 Å². The topological polar surface area (TPSA) is 29.5 Å². The van der Waals surface area contributed by atoms with Crippen LogP contribution in [0, 0.1) is 5.92 Å². The Morgan fingerprint density at radius 3 is 2.30 bits per heavy atom. The predicted octanol–water partition coefficient (Wildman–Crippen LogP) is 3.82. The van der Waals surface area contributed by atoms with Gasteiger partial charge in [0.15, 0.2) is 0 Å². The number of Topliss-reactive ketones (excluding diaryl/α,β-unsaturated/α-hetero) is 1. The van der Waals surface area contributed by atoms with E-state index in [1.54, 1.807) is 6.92 Å². The minimum absolute atomic E-state index is 0.108. The summed E-state index contributed by atoms with van der Waals surface area (Å²) in [6.45, 7) is 13.0. The van der Waals surface area contributed by atoms with E-state index in [-0.39, 0.29) is 22.8 Å². The van der Waals surface area contributed by atoms with Crippen molar-refractivity contribution < 1.29 is 9.22 Å². The van der Waals surface area contributed by atoms with E-state index < -0.39 is 8.32 Å². The first-order chi connectivity index (χ1) is 8.95. The Morgan fingerprint density at radius 2 is 1.90 bits per heavy atom. The first-order valence-corrected chi connectivity index (χ1v) is 10.4. The normalized spacial score (nSPS) is 24.6. The first kappa shape index (κ1) is 17.4. The molecule has 0 aromatic heterocycles. The van der Waals surface area contributed by atoms with Crippen LogP contribution in [0.4, 0.5) is 0 Å². The molecule has 0 bridgehead atoms. The number of likely N-dealkylation sites (N-methyl/N-ethyl adjacent to an activating group) is 1. The van der Waals surface area contributed by atoms with E-state index in [4.69, 9.17) is 4.43 Å². The molecule has 1 aliphatic carbocycles. The number of rotatable bonds is 4. The maximum atomic E-state index is 11.8. The van der Waals surface area contributed by atoms with Crippen LogP contribution in [0.15, 0.2) is 11.8 Å². The van der Waals surface area contributed by atoms with Crippen molar-refractivity contribution >= 4 is 14.1 Å². The molecule has 3 nitrogen and oxygen atoms in total. The molecule has 0 aromatic carbocycles. The second-order valence-electron chi connectivity index (χ2n) is 7.71. The van der Waals surface area contributed by atoms with Gasteiger partial charge < -0.3 is 9.33 Å². The van der Waals surface area contributed by atoms with Crippen molar-refractivity contribution in [3.05, 3.63) is 11.8 Å². The third-order valence-electron chi connectivity index (χ3n) is 4.78. The number of nitrogens with zero attached hydrogens (tertiary/aromatic N) is 1. The molecule has 0 saturated carbocycles. The zero-order valence-corrected chi connectivity index (χ0v) is 15.4.